The van der Waals surface area contributed by atoms with Crippen LogP contribution in [0.4, 0.5) is 18.0 Å². The number of rotatable bonds is 5. The van der Waals surface area contributed by atoms with Crippen molar-refractivity contribution in [1.29, 1.82) is 0 Å². The number of carbonyl (C=O) groups excluding carboxylic acids is 1. The van der Waals surface area contributed by atoms with Crippen molar-refractivity contribution in [2.24, 2.45) is 5.41 Å². The fourth-order valence-corrected chi connectivity index (χ4v) is 1.28. The molecule has 0 aromatic heterocycles. The number of halogens is 3. The molecule has 0 aromatic carbocycles. The zero-order valence-corrected chi connectivity index (χ0v) is 11.1. The average molecular weight is 284 g/mol. The Kier molecular flexibility index (Phi) is 6.11. The minimum Gasteiger partial charge on any atom is -0.481 e. The highest BCUT2D eigenvalue weighted by atomic mass is 19.4. The van der Waals surface area contributed by atoms with Crippen molar-refractivity contribution < 1.29 is 27.9 Å². The van der Waals surface area contributed by atoms with Gasteiger partial charge in [0.1, 0.15) is 0 Å². The van der Waals surface area contributed by atoms with Crippen LogP contribution in [0.5, 0.6) is 0 Å². The van der Waals surface area contributed by atoms with E-state index >= 15 is 0 Å². The van der Waals surface area contributed by atoms with Crippen LogP contribution in [-0.2, 0) is 4.79 Å². The summed E-state index contributed by atoms with van der Waals surface area (Å²) < 4.78 is 35.6. The van der Waals surface area contributed by atoms with E-state index in [9.17, 15) is 22.8 Å². The van der Waals surface area contributed by atoms with Crippen molar-refractivity contribution in [2.45, 2.75) is 45.8 Å². The lowest BCUT2D eigenvalue weighted by atomic mass is 9.85. The third-order valence-corrected chi connectivity index (χ3v) is 2.42. The van der Waals surface area contributed by atoms with E-state index in [-0.39, 0.29) is 6.42 Å². The second-order valence-corrected chi connectivity index (χ2v) is 5.28. The highest BCUT2D eigenvalue weighted by Gasteiger charge is 2.29. The molecular weight excluding hydrogens is 265 g/mol. The molecule has 0 aromatic rings. The maximum Gasteiger partial charge on any atom is 0.390 e. The molecule has 1 unspecified atom stereocenters. The van der Waals surface area contributed by atoms with Gasteiger partial charge >= 0.3 is 18.2 Å². The van der Waals surface area contributed by atoms with Crippen LogP contribution in [-0.4, -0.2) is 35.9 Å². The third kappa shape index (κ3) is 9.15. The Balaban J connectivity index is 4.29. The van der Waals surface area contributed by atoms with Gasteiger partial charge in [-0.25, -0.2) is 4.79 Å². The van der Waals surface area contributed by atoms with Crippen molar-refractivity contribution in [3.8, 4) is 0 Å². The van der Waals surface area contributed by atoms with Crippen molar-refractivity contribution >= 4 is 12.0 Å². The second kappa shape index (κ2) is 6.63. The van der Waals surface area contributed by atoms with Crippen LogP contribution in [0.2, 0.25) is 0 Å². The lowest BCUT2D eigenvalue weighted by Gasteiger charge is -2.30. The van der Waals surface area contributed by atoms with Gasteiger partial charge in [0.25, 0.3) is 0 Å². The van der Waals surface area contributed by atoms with Crippen LogP contribution in [0.3, 0.4) is 0 Å². The van der Waals surface area contributed by atoms with Gasteiger partial charge in [0, 0.05) is 12.6 Å². The predicted molar refractivity (Wildman–Crippen MR) is 62.7 cm³/mol. The summed E-state index contributed by atoms with van der Waals surface area (Å²) in [6.45, 7) is 4.66. The van der Waals surface area contributed by atoms with Gasteiger partial charge in [0.05, 0.1) is 12.8 Å². The van der Waals surface area contributed by atoms with E-state index in [4.69, 9.17) is 5.11 Å². The van der Waals surface area contributed by atoms with Crippen molar-refractivity contribution in [1.82, 2.24) is 10.6 Å². The van der Waals surface area contributed by atoms with Crippen LogP contribution in [0.25, 0.3) is 0 Å². The summed E-state index contributed by atoms with van der Waals surface area (Å²) in [5.74, 6) is -1.09. The minimum atomic E-state index is -4.34. The molecule has 0 saturated carbocycles. The Morgan fingerprint density at radius 3 is 2.11 bits per heavy atom. The normalized spacial score (nSPS) is 13.8. The second-order valence-electron chi connectivity index (χ2n) is 5.28. The Labute approximate surface area is 109 Å². The van der Waals surface area contributed by atoms with E-state index in [2.05, 4.69) is 10.6 Å². The molecule has 0 spiro atoms. The Bertz CT molecular complexity index is 324. The summed E-state index contributed by atoms with van der Waals surface area (Å²) in [5.41, 5.74) is -0.514. The summed E-state index contributed by atoms with van der Waals surface area (Å²) in [4.78, 5) is 22.0. The van der Waals surface area contributed by atoms with Gasteiger partial charge in [-0.15, -0.1) is 0 Å². The summed E-state index contributed by atoms with van der Waals surface area (Å²) in [5, 5.41) is 13.2. The molecule has 112 valence electrons. The summed E-state index contributed by atoms with van der Waals surface area (Å²) >= 11 is 0. The Hall–Kier alpha value is -1.47. The van der Waals surface area contributed by atoms with Crippen molar-refractivity contribution in [3.05, 3.63) is 0 Å². The number of alkyl halides is 3. The molecule has 0 rings (SSSR count). The minimum absolute atomic E-state index is 0.295. The maximum atomic E-state index is 11.9. The van der Waals surface area contributed by atoms with Gasteiger partial charge in [-0.1, -0.05) is 20.8 Å². The molecule has 19 heavy (non-hydrogen) atoms. The maximum absolute atomic E-state index is 11.9. The largest absolute Gasteiger partial charge is 0.481 e. The smallest absolute Gasteiger partial charge is 0.390 e. The summed E-state index contributed by atoms with van der Waals surface area (Å²) in [7, 11) is 0. The molecule has 0 aliphatic rings. The van der Waals surface area contributed by atoms with Crippen LogP contribution in [0.1, 0.15) is 33.6 Å². The van der Waals surface area contributed by atoms with Gasteiger partial charge in [-0.05, 0) is 5.41 Å². The van der Waals surface area contributed by atoms with E-state index in [0.29, 0.717) is 0 Å². The number of urea groups is 1. The van der Waals surface area contributed by atoms with Gasteiger partial charge in [-0.2, -0.15) is 13.2 Å². The lowest BCUT2D eigenvalue weighted by Crippen LogP contribution is -2.49. The Morgan fingerprint density at radius 1 is 1.21 bits per heavy atom. The number of carboxylic acid groups (broad SMARTS) is 1. The summed E-state index contributed by atoms with van der Waals surface area (Å²) in [6, 6.07) is -1.47. The van der Waals surface area contributed by atoms with Gasteiger partial charge < -0.3 is 15.7 Å². The molecule has 3 N–H and O–H groups in total. The molecule has 0 fully saturated rings. The SMILES string of the molecule is CC(C)(C)C(CC(=O)O)NC(=O)NCCC(F)(F)F. The number of hydrogen-bond acceptors (Lipinski definition) is 2. The molecule has 0 radical (unpaired) electrons. The number of carbonyl (C=O) groups is 2. The zero-order chi connectivity index (χ0) is 15.3. The number of nitrogens with one attached hydrogen (secondary N) is 2. The standard InChI is InChI=1S/C11H19F3N2O3/c1-10(2,3)7(6-8(17)18)16-9(19)15-5-4-11(12,13)14/h7H,4-6H2,1-3H3,(H,17,18)(H2,15,16,19). The quantitative estimate of drug-likeness (QED) is 0.723. The molecular formula is C11H19F3N2O3. The molecule has 5 nitrogen and oxygen atoms in total. The van der Waals surface area contributed by atoms with E-state index in [0.717, 1.165) is 0 Å². The van der Waals surface area contributed by atoms with Gasteiger partial charge in [0.2, 0.25) is 0 Å². The van der Waals surface area contributed by atoms with Crippen LogP contribution < -0.4 is 10.6 Å². The molecule has 0 heterocycles. The first kappa shape index (κ1) is 17.5. The highest BCUT2D eigenvalue weighted by molar-refractivity contribution is 5.75. The molecule has 0 bridgehead atoms. The van der Waals surface area contributed by atoms with Gasteiger partial charge in [0.15, 0.2) is 0 Å². The van der Waals surface area contributed by atoms with E-state index in [1.165, 1.54) is 0 Å². The van der Waals surface area contributed by atoms with Crippen LogP contribution in [0.15, 0.2) is 0 Å². The van der Waals surface area contributed by atoms with Crippen molar-refractivity contribution in [2.75, 3.05) is 6.54 Å². The molecule has 2 amide bonds. The number of aliphatic carboxylic acids is 1. The summed E-state index contributed by atoms with van der Waals surface area (Å²) in [6.07, 6.45) is -5.76. The molecule has 0 saturated heterocycles. The van der Waals surface area contributed by atoms with E-state index in [1.54, 1.807) is 20.8 Å². The fraction of sp³-hybridized carbons (Fsp3) is 0.818. The van der Waals surface area contributed by atoms with Crippen LogP contribution >= 0.6 is 0 Å². The lowest BCUT2D eigenvalue weighted by molar-refractivity contribution is -0.138. The predicted octanol–water partition coefficient (Wildman–Crippen LogP) is 2.13. The molecule has 1 atom stereocenters. The first-order valence-electron chi connectivity index (χ1n) is 5.75. The zero-order valence-electron chi connectivity index (χ0n) is 11.1. The molecule has 0 aliphatic carbocycles. The number of amides is 2. The molecule has 0 aliphatic heterocycles. The number of carboxylic acids is 1. The molecule has 8 heteroatoms. The Morgan fingerprint density at radius 2 is 1.74 bits per heavy atom. The van der Waals surface area contributed by atoms with E-state index in [1.807, 2.05) is 0 Å². The first-order valence-corrected chi connectivity index (χ1v) is 5.75. The highest BCUT2D eigenvalue weighted by Crippen LogP contribution is 2.22. The monoisotopic (exact) mass is 284 g/mol. The fourth-order valence-electron chi connectivity index (χ4n) is 1.28. The average Bonchev–Trinajstić information content (AvgIpc) is 2.12. The topological polar surface area (TPSA) is 78.4 Å². The van der Waals surface area contributed by atoms with Gasteiger partial charge in [-0.3, -0.25) is 4.79 Å². The van der Waals surface area contributed by atoms with E-state index < -0.39 is 42.6 Å². The number of hydrogen-bond donors (Lipinski definition) is 3. The first-order chi connectivity index (χ1) is 8.42. The van der Waals surface area contributed by atoms with Crippen LogP contribution in [0, 0.1) is 5.41 Å². The van der Waals surface area contributed by atoms with Crippen molar-refractivity contribution in [3.63, 3.8) is 0 Å². The third-order valence-electron chi connectivity index (χ3n) is 2.42.